The van der Waals surface area contributed by atoms with Crippen molar-refractivity contribution in [3.05, 3.63) is 23.9 Å². The minimum absolute atomic E-state index is 0.434. The molecule has 3 N–H and O–H groups in total. The third kappa shape index (κ3) is 2.06. The van der Waals surface area contributed by atoms with Crippen molar-refractivity contribution in [2.45, 2.75) is 19.1 Å². The Bertz CT molecular complexity index is 198. The Balaban J connectivity index is 2.58. The third-order valence-electron chi connectivity index (χ3n) is 1.56. The van der Waals surface area contributed by atoms with Gasteiger partial charge in [0.25, 0.3) is 0 Å². The third-order valence-corrected chi connectivity index (χ3v) is 1.56. The lowest BCUT2D eigenvalue weighted by molar-refractivity contribution is -0.161. The summed E-state index contributed by atoms with van der Waals surface area (Å²) in [6, 6.07) is 0. The van der Waals surface area contributed by atoms with Gasteiger partial charge >= 0.3 is 0 Å². The fraction of sp³-hybridized carbons (Fsp3) is 0.500. The minimum atomic E-state index is -1.13. The number of rotatable bonds is 2. The van der Waals surface area contributed by atoms with E-state index >= 15 is 0 Å². The van der Waals surface area contributed by atoms with Crippen LogP contribution in [0.1, 0.15) is 13.3 Å². The van der Waals surface area contributed by atoms with Crippen molar-refractivity contribution in [1.82, 2.24) is 0 Å². The largest absolute Gasteiger partial charge is 0.399 e. The summed E-state index contributed by atoms with van der Waals surface area (Å²) in [6.07, 6.45) is 5.41. The van der Waals surface area contributed by atoms with Crippen molar-refractivity contribution < 1.29 is 9.84 Å². The molecule has 0 heterocycles. The summed E-state index contributed by atoms with van der Waals surface area (Å²) in [5.41, 5.74) is 6.13. The van der Waals surface area contributed by atoms with Crippen molar-refractivity contribution in [3.8, 4) is 0 Å². The first-order valence-corrected chi connectivity index (χ1v) is 3.67. The van der Waals surface area contributed by atoms with Crippen LogP contribution in [0.4, 0.5) is 0 Å². The molecule has 3 heteroatoms. The van der Waals surface area contributed by atoms with Crippen LogP contribution >= 0.6 is 0 Å². The molecule has 0 bridgehead atoms. The summed E-state index contributed by atoms with van der Waals surface area (Å²) in [6.45, 7) is 2.34. The van der Waals surface area contributed by atoms with E-state index in [1.807, 2.05) is 6.92 Å². The molecule has 1 unspecified atom stereocenters. The molecule has 3 nitrogen and oxygen atoms in total. The fourth-order valence-electron chi connectivity index (χ4n) is 0.984. The van der Waals surface area contributed by atoms with Crippen LogP contribution < -0.4 is 5.73 Å². The lowest BCUT2D eigenvalue weighted by Gasteiger charge is -2.25. The first-order chi connectivity index (χ1) is 5.16. The van der Waals surface area contributed by atoms with Gasteiger partial charge in [-0.2, -0.15) is 0 Å². The van der Waals surface area contributed by atoms with Crippen LogP contribution in [0.2, 0.25) is 0 Å². The molecule has 0 saturated carbocycles. The van der Waals surface area contributed by atoms with Crippen LogP contribution in [0.3, 0.4) is 0 Å². The Morgan fingerprint density at radius 2 is 2.55 bits per heavy atom. The first-order valence-electron chi connectivity index (χ1n) is 3.67. The molecule has 11 heavy (non-hydrogen) atoms. The van der Waals surface area contributed by atoms with Gasteiger partial charge in [0.2, 0.25) is 0 Å². The van der Waals surface area contributed by atoms with E-state index < -0.39 is 5.79 Å². The molecule has 1 rings (SSSR count). The molecule has 0 radical (unpaired) electrons. The summed E-state index contributed by atoms with van der Waals surface area (Å²) in [5, 5.41) is 9.58. The van der Waals surface area contributed by atoms with Gasteiger partial charge in [-0.3, -0.25) is 0 Å². The molecule has 1 aliphatic carbocycles. The Kier molecular flexibility index (Phi) is 2.31. The molecule has 0 spiro atoms. The average Bonchev–Trinajstić information content (AvgIpc) is 1.97. The van der Waals surface area contributed by atoms with Crippen molar-refractivity contribution in [1.29, 1.82) is 0 Å². The van der Waals surface area contributed by atoms with Crippen LogP contribution in [-0.4, -0.2) is 17.5 Å². The van der Waals surface area contributed by atoms with Gasteiger partial charge < -0.3 is 15.6 Å². The Labute approximate surface area is 66.2 Å². The van der Waals surface area contributed by atoms with E-state index in [9.17, 15) is 5.11 Å². The van der Waals surface area contributed by atoms with Gasteiger partial charge in [0, 0.05) is 18.7 Å². The highest BCUT2D eigenvalue weighted by atomic mass is 16.6. The van der Waals surface area contributed by atoms with E-state index in [1.54, 1.807) is 18.2 Å². The molecule has 0 aliphatic heterocycles. The average molecular weight is 155 g/mol. The van der Waals surface area contributed by atoms with Gasteiger partial charge in [-0.25, -0.2) is 0 Å². The SMILES string of the molecule is CCOC1(O)C=CC(N)=CC1. The standard InChI is InChI=1S/C8H13NO2/c1-2-11-8(10)5-3-7(9)4-6-8/h3-5,10H,2,6,9H2,1H3. The number of aliphatic hydroxyl groups is 1. The number of nitrogens with two attached hydrogens (primary N) is 1. The highest BCUT2D eigenvalue weighted by molar-refractivity contribution is 5.23. The summed E-state index contributed by atoms with van der Waals surface area (Å²) in [4.78, 5) is 0. The van der Waals surface area contributed by atoms with E-state index in [0.717, 1.165) is 0 Å². The summed E-state index contributed by atoms with van der Waals surface area (Å²) in [5.74, 6) is -1.13. The normalized spacial score (nSPS) is 30.2. The monoisotopic (exact) mass is 155 g/mol. The lowest BCUT2D eigenvalue weighted by atomic mass is 10.1. The van der Waals surface area contributed by atoms with E-state index in [0.29, 0.717) is 18.7 Å². The predicted octanol–water partition coefficient (Wildman–Crippen LogP) is 0.514. The molecule has 1 aliphatic rings. The zero-order chi connectivity index (χ0) is 8.32. The topological polar surface area (TPSA) is 55.5 Å². The van der Waals surface area contributed by atoms with Crippen LogP contribution in [0, 0.1) is 0 Å². The first kappa shape index (κ1) is 8.30. The van der Waals surface area contributed by atoms with Crippen LogP contribution in [0.25, 0.3) is 0 Å². The molecule has 62 valence electrons. The number of hydrogen-bond acceptors (Lipinski definition) is 3. The van der Waals surface area contributed by atoms with Crippen molar-refractivity contribution in [2.24, 2.45) is 5.73 Å². The predicted molar refractivity (Wildman–Crippen MR) is 42.6 cm³/mol. The van der Waals surface area contributed by atoms with Gasteiger partial charge in [-0.1, -0.05) is 6.08 Å². The highest BCUT2D eigenvalue weighted by Gasteiger charge is 2.24. The Morgan fingerprint density at radius 1 is 1.82 bits per heavy atom. The van der Waals surface area contributed by atoms with Crippen LogP contribution in [0.15, 0.2) is 23.9 Å². The van der Waals surface area contributed by atoms with E-state index in [-0.39, 0.29) is 0 Å². The van der Waals surface area contributed by atoms with E-state index in [2.05, 4.69) is 0 Å². The van der Waals surface area contributed by atoms with Crippen molar-refractivity contribution in [2.75, 3.05) is 6.61 Å². The second kappa shape index (κ2) is 3.07. The molecule has 1 atom stereocenters. The highest BCUT2D eigenvalue weighted by Crippen LogP contribution is 2.19. The number of hydrogen-bond donors (Lipinski definition) is 2. The molecule has 0 aromatic carbocycles. The smallest absolute Gasteiger partial charge is 0.189 e. The second-order valence-electron chi connectivity index (χ2n) is 2.52. The molecule has 0 saturated heterocycles. The number of ether oxygens (including phenoxy) is 1. The molecular formula is C8H13NO2. The van der Waals surface area contributed by atoms with E-state index in [4.69, 9.17) is 10.5 Å². The minimum Gasteiger partial charge on any atom is -0.399 e. The Hall–Kier alpha value is -0.800. The molecule has 0 amide bonds. The molecule has 0 fully saturated rings. The zero-order valence-corrected chi connectivity index (χ0v) is 6.58. The second-order valence-corrected chi connectivity index (χ2v) is 2.52. The van der Waals surface area contributed by atoms with Gasteiger partial charge in [0.1, 0.15) is 0 Å². The van der Waals surface area contributed by atoms with Crippen molar-refractivity contribution >= 4 is 0 Å². The summed E-state index contributed by atoms with van der Waals surface area (Å²) >= 11 is 0. The fourth-order valence-corrected chi connectivity index (χ4v) is 0.984. The maximum Gasteiger partial charge on any atom is 0.189 e. The van der Waals surface area contributed by atoms with Crippen molar-refractivity contribution in [3.63, 3.8) is 0 Å². The quantitative estimate of drug-likeness (QED) is 0.571. The maximum atomic E-state index is 9.58. The van der Waals surface area contributed by atoms with Gasteiger partial charge in [0.05, 0.1) is 0 Å². The zero-order valence-electron chi connectivity index (χ0n) is 6.58. The van der Waals surface area contributed by atoms with E-state index in [1.165, 1.54) is 0 Å². The lowest BCUT2D eigenvalue weighted by Crippen LogP contribution is -2.31. The van der Waals surface area contributed by atoms with Gasteiger partial charge in [0.15, 0.2) is 5.79 Å². The van der Waals surface area contributed by atoms with Gasteiger partial charge in [-0.15, -0.1) is 0 Å². The maximum absolute atomic E-state index is 9.58. The molecule has 0 aromatic rings. The molecular weight excluding hydrogens is 142 g/mol. The van der Waals surface area contributed by atoms with Crippen LogP contribution in [-0.2, 0) is 4.74 Å². The van der Waals surface area contributed by atoms with Gasteiger partial charge in [-0.05, 0) is 19.1 Å². The summed E-state index contributed by atoms with van der Waals surface area (Å²) in [7, 11) is 0. The summed E-state index contributed by atoms with van der Waals surface area (Å²) < 4.78 is 5.09. The number of allylic oxidation sites excluding steroid dienone is 1. The molecule has 0 aromatic heterocycles. The Morgan fingerprint density at radius 3 is 3.00 bits per heavy atom. The van der Waals surface area contributed by atoms with Crippen LogP contribution in [0.5, 0.6) is 0 Å².